The molecule has 0 radical (unpaired) electrons. The Balaban J connectivity index is 2.15. The summed E-state index contributed by atoms with van der Waals surface area (Å²) >= 11 is 0. The maximum absolute atomic E-state index is 6.98. The molecule has 2 aliphatic rings. The third-order valence-electron chi connectivity index (χ3n) is 8.35. The first kappa shape index (κ1) is 27.5. The van der Waals surface area contributed by atoms with Crippen molar-refractivity contribution in [2.45, 2.75) is 148 Å². The van der Waals surface area contributed by atoms with Crippen LogP contribution in [-0.4, -0.2) is 47.8 Å². The van der Waals surface area contributed by atoms with E-state index in [1.807, 2.05) is 0 Å². The van der Waals surface area contributed by atoms with E-state index in [0.717, 1.165) is 13.0 Å². The largest absolute Gasteiger partial charge is 0.411 e. The Labute approximate surface area is 195 Å². The van der Waals surface area contributed by atoms with Gasteiger partial charge in [0.15, 0.2) is 22.9 Å². The molecule has 6 heteroatoms. The lowest BCUT2D eigenvalue weighted by molar-refractivity contribution is -0.244. The number of ether oxygens (including phenoxy) is 2. The van der Waals surface area contributed by atoms with Crippen LogP contribution in [0.5, 0.6) is 0 Å². The van der Waals surface area contributed by atoms with Crippen molar-refractivity contribution in [3.63, 3.8) is 0 Å². The average molecular weight is 473 g/mol. The lowest BCUT2D eigenvalue weighted by Crippen LogP contribution is -2.59. The molecule has 184 valence electrons. The zero-order chi connectivity index (χ0) is 23.7. The quantitative estimate of drug-likeness (QED) is 0.359. The first-order valence-electron chi connectivity index (χ1n) is 12.7. The van der Waals surface area contributed by atoms with Crippen molar-refractivity contribution in [1.29, 1.82) is 0 Å². The highest BCUT2D eigenvalue weighted by molar-refractivity contribution is 6.74. The molecule has 4 atom stereocenters. The van der Waals surface area contributed by atoms with E-state index in [-0.39, 0.29) is 34.7 Å². The summed E-state index contributed by atoms with van der Waals surface area (Å²) in [4.78, 5) is 0. The van der Waals surface area contributed by atoms with Crippen molar-refractivity contribution in [3.05, 3.63) is 0 Å². The van der Waals surface area contributed by atoms with E-state index in [0.29, 0.717) is 5.92 Å². The second-order valence-electron chi connectivity index (χ2n) is 13.1. The van der Waals surface area contributed by atoms with E-state index in [1.54, 1.807) is 0 Å². The Bertz CT molecular complexity index is 559. The van der Waals surface area contributed by atoms with Crippen molar-refractivity contribution in [2.75, 3.05) is 6.61 Å². The van der Waals surface area contributed by atoms with Crippen LogP contribution in [0.4, 0.5) is 0 Å². The molecule has 0 bridgehead atoms. The van der Waals surface area contributed by atoms with Gasteiger partial charge in [-0.2, -0.15) is 0 Å². The summed E-state index contributed by atoms with van der Waals surface area (Å²) in [6.07, 6.45) is 7.18. The number of hydrogen-bond acceptors (Lipinski definition) is 4. The minimum absolute atomic E-state index is 0.0233. The van der Waals surface area contributed by atoms with Crippen LogP contribution in [0.3, 0.4) is 0 Å². The summed E-state index contributed by atoms with van der Waals surface area (Å²) in [5, 5.41) is 0.317. The Morgan fingerprint density at radius 2 is 1.32 bits per heavy atom. The third-order valence-corrected chi connectivity index (χ3v) is 17.3. The lowest BCUT2D eigenvalue weighted by atomic mass is 9.90. The molecule has 0 aromatic heterocycles. The lowest BCUT2D eigenvalue weighted by Gasteiger charge is -2.49. The maximum atomic E-state index is 6.98. The SMILES string of the molecule is C[C@H]1O[C@H](OCC2CCCCC2)C[C@@H](O[Si](C)(C)C(C)(C)C)[C@H]1O[Si](C)(C)C(C)(C)C. The standard InChI is InChI=1S/C25H52O4Si2/c1-19-23(29-31(10,11)25(5,6)7)21(28-30(8,9)24(2,3)4)17-22(27-19)26-18-20-15-13-12-14-16-20/h19-23H,12-18H2,1-11H3/t19-,21-,22+,23+/m1/s1. The van der Waals surface area contributed by atoms with E-state index < -0.39 is 16.6 Å². The second-order valence-corrected chi connectivity index (χ2v) is 22.6. The molecule has 31 heavy (non-hydrogen) atoms. The number of hydrogen-bond donors (Lipinski definition) is 0. The van der Waals surface area contributed by atoms with Gasteiger partial charge in [-0.3, -0.25) is 0 Å². The molecule has 0 N–H and O–H groups in total. The van der Waals surface area contributed by atoms with E-state index >= 15 is 0 Å². The Morgan fingerprint density at radius 3 is 1.84 bits per heavy atom. The first-order valence-corrected chi connectivity index (χ1v) is 18.5. The Hall–Kier alpha value is 0.274. The monoisotopic (exact) mass is 472 g/mol. The molecule has 1 aliphatic carbocycles. The molecule has 0 amide bonds. The normalized spacial score (nSPS) is 29.9. The first-order chi connectivity index (χ1) is 14.0. The van der Waals surface area contributed by atoms with Crippen LogP contribution < -0.4 is 0 Å². The van der Waals surface area contributed by atoms with Crippen LogP contribution in [-0.2, 0) is 18.3 Å². The van der Waals surface area contributed by atoms with Crippen LogP contribution in [0.2, 0.25) is 36.3 Å². The van der Waals surface area contributed by atoms with Crippen molar-refractivity contribution in [3.8, 4) is 0 Å². The molecular formula is C25H52O4Si2. The third kappa shape index (κ3) is 7.38. The average Bonchev–Trinajstić information content (AvgIpc) is 2.61. The van der Waals surface area contributed by atoms with Gasteiger partial charge >= 0.3 is 0 Å². The Kier molecular flexibility index (Phi) is 9.11. The van der Waals surface area contributed by atoms with Gasteiger partial charge in [0.1, 0.15) is 0 Å². The zero-order valence-electron chi connectivity index (χ0n) is 22.5. The summed E-state index contributed by atoms with van der Waals surface area (Å²) in [5.74, 6) is 0.689. The fourth-order valence-corrected chi connectivity index (χ4v) is 6.78. The van der Waals surface area contributed by atoms with E-state index in [2.05, 4.69) is 74.7 Å². The fourth-order valence-electron chi connectivity index (χ4n) is 4.06. The molecule has 1 saturated heterocycles. The van der Waals surface area contributed by atoms with Gasteiger partial charge in [-0.1, -0.05) is 60.8 Å². The van der Waals surface area contributed by atoms with Crippen molar-refractivity contribution in [2.24, 2.45) is 5.92 Å². The van der Waals surface area contributed by atoms with Gasteiger partial charge in [-0.15, -0.1) is 0 Å². The molecule has 0 aromatic rings. The number of rotatable bonds is 7. The zero-order valence-corrected chi connectivity index (χ0v) is 24.5. The molecule has 2 rings (SSSR count). The van der Waals surface area contributed by atoms with E-state index in [1.165, 1.54) is 32.1 Å². The highest BCUT2D eigenvalue weighted by atomic mass is 28.4. The van der Waals surface area contributed by atoms with Gasteiger partial charge in [-0.25, -0.2) is 0 Å². The molecule has 1 aliphatic heterocycles. The molecule has 1 heterocycles. The maximum Gasteiger partial charge on any atom is 0.192 e. The van der Waals surface area contributed by atoms with Crippen molar-refractivity contribution in [1.82, 2.24) is 0 Å². The van der Waals surface area contributed by atoms with Gasteiger partial charge in [0, 0.05) is 6.42 Å². The highest BCUT2D eigenvalue weighted by Gasteiger charge is 2.49. The van der Waals surface area contributed by atoms with Gasteiger partial charge in [0.05, 0.1) is 24.9 Å². The van der Waals surface area contributed by atoms with E-state index in [4.69, 9.17) is 18.3 Å². The molecule has 0 spiro atoms. The summed E-state index contributed by atoms with van der Waals surface area (Å²) < 4.78 is 26.6. The molecule has 0 aromatic carbocycles. The smallest absolute Gasteiger partial charge is 0.192 e. The van der Waals surface area contributed by atoms with Gasteiger partial charge in [-0.05, 0) is 61.9 Å². The summed E-state index contributed by atoms with van der Waals surface area (Å²) in [6.45, 7) is 26.1. The molecule has 4 nitrogen and oxygen atoms in total. The predicted octanol–water partition coefficient (Wildman–Crippen LogP) is 7.50. The minimum Gasteiger partial charge on any atom is -0.411 e. The summed E-state index contributed by atoms with van der Waals surface area (Å²) in [6, 6.07) is 0. The molecule has 2 fully saturated rings. The highest BCUT2D eigenvalue weighted by Crippen LogP contribution is 2.43. The second kappa shape index (κ2) is 10.3. The fraction of sp³-hybridized carbons (Fsp3) is 1.00. The van der Waals surface area contributed by atoms with Crippen LogP contribution in [0.25, 0.3) is 0 Å². The molecular weight excluding hydrogens is 420 g/mol. The van der Waals surface area contributed by atoms with Gasteiger partial charge < -0.3 is 18.3 Å². The van der Waals surface area contributed by atoms with Gasteiger partial charge in [0.2, 0.25) is 0 Å². The van der Waals surface area contributed by atoms with Crippen molar-refractivity contribution >= 4 is 16.6 Å². The van der Waals surface area contributed by atoms with Crippen LogP contribution >= 0.6 is 0 Å². The van der Waals surface area contributed by atoms with Crippen LogP contribution in [0.15, 0.2) is 0 Å². The van der Waals surface area contributed by atoms with Crippen molar-refractivity contribution < 1.29 is 18.3 Å². The molecule has 0 unspecified atom stereocenters. The summed E-state index contributed by atoms with van der Waals surface area (Å²) in [5.41, 5.74) is 0. The molecule has 1 saturated carbocycles. The Morgan fingerprint density at radius 1 is 0.806 bits per heavy atom. The minimum atomic E-state index is -1.95. The van der Waals surface area contributed by atoms with Crippen LogP contribution in [0, 0.1) is 5.92 Å². The summed E-state index contributed by atoms with van der Waals surface area (Å²) in [7, 11) is -3.90. The predicted molar refractivity (Wildman–Crippen MR) is 136 cm³/mol. The van der Waals surface area contributed by atoms with Gasteiger partial charge in [0.25, 0.3) is 0 Å². The topological polar surface area (TPSA) is 36.9 Å². The van der Waals surface area contributed by atoms with E-state index in [9.17, 15) is 0 Å². The van der Waals surface area contributed by atoms with Crippen LogP contribution in [0.1, 0.15) is 87.0 Å².